The summed E-state index contributed by atoms with van der Waals surface area (Å²) in [6.45, 7) is 4.79. The van der Waals surface area contributed by atoms with Crippen LogP contribution in [0.4, 0.5) is 5.69 Å². The van der Waals surface area contributed by atoms with Crippen molar-refractivity contribution in [1.82, 2.24) is 0 Å². The number of halogens is 1. The minimum Gasteiger partial charge on any atom is -0.278 e. The van der Waals surface area contributed by atoms with Gasteiger partial charge in [-0.25, -0.2) is 8.42 Å². The van der Waals surface area contributed by atoms with Gasteiger partial charge in [-0.15, -0.1) is 0 Å². The van der Waals surface area contributed by atoms with Crippen LogP contribution < -0.4 is 5.43 Å². The standard InChI is InChI=1S/C13H16BrN3O2S/c1-13(2,3)20(18,19)9-12(8-15)17-16-11-6-4-10(14)5-7-11/h4-7,16H,9H2,1-3H3/b17-12+. The molecule has 1 aromatic rings. The summed E-state index contributed by atoms with van der Waals surface area (Å²) >= 11 is 3.31. The second kappa shape index (κ2) is 6.37. The molecule has 0 aliphatic rings. The van der Waals surface area contributed by atoms with E-state index in [1.807, 2.05) is 18.2 Å². The zero-order valence-electron chi connectivity index (χ0n) is 11.5. The molecular weight excluding hydrogens is 342 g/mol. The van der Waals surface area contributed by atoms with Crippen LogP contribution in [-0.4, -0.2) is 24.6 Å². The Hall–Kier alpha value is -1.39. The van der Waals surface area contributed by atoms with Crippen molar-refractivity contribution in [2.45, 2.75) is 25.5 Å². The molecule has 0 aliphatic heterocycles. The summed E-state index contributed by atoms with van der Waals surface area (Å²) in [4.78, 5) is 0. The number of nitrogens with one attached hydrogen (secondary N) is 1. The van der Waals surface area contributed by atoms with Crippen LogP contribution in [0.25, 0.3) is 0 Å². The Kier molecular flexibility index (Phi) is 5.31. The van der Waals surface area contributed by atoms with Gasteiger partial charge < -0.3 is 0 Å². The Labute approximate surface area is 127 Å². The lowest BCUT2D eigenvalue weighted by Crippen LogP contribution is -2.33. The van der Waals surface area contributed by atoms with Gasteiger partial charge in [0.15, 0.2) is 15.5 Å². The smallest absolute Gasteiger partial charge is 0.161 e. The van der Waals surface area contributed by atoms with Crippen LogP contribution in [0, 0.1) is 11.3 Å². The van der Waals surface area contributed by atoms with Gasteiger partial charge in [0.25, 0.3) is 0 Å². The maximum atomic E-state index is 12.0. The Bertz CT molecular complexity index is 638. The van der Waals surface area contributed by atoms with Gasteiger partial charge in [0.05, 0.1) is 10.4 Å². The number of anilines is 1. The molecule has 0 amide bonds. The van der Waals surface area contributed by atoms with Crippen LogP contribution >= 0.6 is 15.9 Å². The highest BCUT2D eigenvalue weighted by Crippen LogP contribution is 2.17. The zero-order chi connectivity index (χ0) is 15.4. The quantitative estimate of drug-likeness (QED) is 0.663. The van der Waals surface area contributed by atoms with Crippen LogP contribution in [0.2, 0.25) is 0 Å². The van der Waals surface area contributed by atoms with Crippen molar-refractivity contribution in [3.05, 3.63) is 28.7 Å². The molecule has 20 heavy (non-hydrogen) atoms. The van der Waals surface area contributed by atoms with E-state index in [0.29, 0.717) is 5.69 Å². The number of nitrogens with zero attached hydrogens (tertiary/aromatic N) is 2. The molecule has 0 aromatic heterocycles. The second-order valence-electron chi connectivity index (χ2n) is 5.16. The van der Waals surface area contributed by atoms with Crippen molar-refractivity contribution in [2.24, 2.45) is 5.10 Å². The van der Waals surface area contributed by atoms with E-state index in [1.54, 1.807) is 32.9 Å². The average molecular weight is 358 g/mol. The van der Waals surface area contributed by atoms with E-state index in [-0.39, 0.29) is 11.5 Å². The van der Waals surface area contributed by atoms with Gasteiger partial charge in [0.2, 0.25) is 0 Å². The molecule has 0 bridgehead atoms. The van der Waals surface area contributed by atoms with Gasteiger partial charge in [-0.2, -0.15) is 10.4 Å². The summed E-state index contributed by atoms with van der Waals surface area (Å²) in [7, 11) is -3.42. The summed E-state index contributed by atoms with van der Waals surface area (Å²) in [5, 5.41) is 12.8. The summed E-state index contributed by atoms with van der Waals surface area (Å²) < 4.78 is 24.0. The molecule has 0 unspecified atom stereocenters. The van der Waals surface area contributed by atoms with Gasteiger partial charge in [-0.1, -0.05) is 15.9 Å². The molecule has 0 atom stereocenters. The predicted molar refractivity (Wildman–Crippen MR) is 84.4 cm³/mol. The monoisotopic (exact) mass is 357 g/mol. The van der Waals surface area contributed by atoms with Gasteiger partial charge in [0.1, 0.15) is 11.8 Å². The van der Waals surface area contributed by atoms with E-state index in [2.05, 4.69) is 26.5 Å². The fourth-order valence-corrected chi connectivity index (χ4v) is 2.33. The normalized spacial score (nSPS) is 12.8. The molecule has 0 radical (unpaired) electrons. The third-order valence-corrected chi connectivity index (χ3v) is 5.60. The summed E-state index contributed by atoms with van der Waals surface area (Å²) in [6, 6.07) is 8.97. The van der Waals surface area contributed by atoms with Gasteiger partial charge in [0, 0.05) is 4.47 Å². The van der Waals surface area contributed by atoms with Crippen LogP contribution in [0.1, 0.15) is 20.8 Å². The average Bonchev–Trinajstić information content (AvgIpc) is 2.35. The lowest BCUT2D eigenvalue weighted by molar-refractivity contribution is 0.564. The van der Waals surface area contributed by atoms with Crippen LogP contribution in [0.3, 0.4) is 0 Å². The minimum absolute atomic E-state index is 0.0668. The van der Waals surface area contributed by atoms with E-state index in [0.717, 1.165) is 4.47 Å². The number of hydrogen-bond acceptors (Lipinski definition) is 5. The van der Waals surface area contributed by atoms with Crippen molar-refractivity contribution in [3.63, 3.8) is 0 Å². The third-order valence-electron chi connectivity index (χ3n) is 2.55. The SMILES string of the molecule is CC(C)(C)S(=O)(=O)C/C(C#N)=N/Nc1ccc(Br)cc1. The number of rotatable bonds is 4. The van der Waals surface area contributed by atoms with Crippen molar-refractivity contribution in [1.29, 1.82) is 5.26 Å². The molecular formula is C13H16BrN3O2S. The maximum Gasteiger partial charge on any atom is 0.161 e. The third kappa shape index (κ3) is 4.62. The highest BCUT2D eigenvalue weighted by molar-refractivity contribution is 9.10. The van der Waals surface area contributed by atoms with E-state index < -0.39 is 14.6 Å². The van der Waals surface area contributed by atoms with E-state index in [9.17, 15) is 8.42 Å². The van der Waals surface area contributed by atoms with Crippen molar-refractivity contribution < 1.29 is 8.42 Å². The van der Waals surface area contributed by atoms with Crippen LogP contribution in [0.15, 0.2) is 33.8 Å². The maximum absolute atomic E-state index is 12.0. The summed E-state index contributed by atoms with van der Waals surface area (Å²) in [5.41, 5.74) is 3.29. The predicted octanol–water partition coefficient (Wildman–Crippen LogP) is 2.95. The largest absolute Gasteiger partial charge is 0.278 e. The topological polar surface area (TPSA) is 82.3 Å². The van der Waals surface area contributed by atoms with E-state index in [1.165, 1.54) is 0 Å². The Morgan fingerprint density at radius 2 is 1.90 bits per heavy atom. The highest BCUT2D eigenvalue weighted by Gasteiger charge is 2.30. The molecule has 0 aliphatic carbocycles. The lowest BCUT2D eigenvalue weighted by Gasteiger charge is -2.18. The molecule has 108 valence electrons. The lowest BCUT2D eigenvalue weighted by atomic mass is 10.3. The fraction of sp³-hybridized carbons (Fsp3) is 0.385. The van der Waals surface area contributed by atoms with E-state index >= 15 is 0 Å². The molecule has 1 N–H and O–H groups in total. The molecule has 1 rings (SSSR count). The first-order valence-electron chi connectivity index (χ1n) is 5.86. The zero-order valence-corrected chi connectivity index (χ0v) is 13.9. The molecule has 0 spiro atoms. The van der Waals surface area contributed by atoms with Crippen LogP contribution in [-0.2, 0) is 9.84 Å². The Balaban J connectivity index is 2.85. The number of sulfone groups is 1. The Morgan fingerprint density at radius 3 is 2.35 bits per heavy atom. The number of hydrazone groups is 1. The highest BCUT2D eigenvalue weighted by atomic mass is 79.9. The summed E-state index contributed by atoms with van der Waals surface area (Å²) in [5.74, 6) is -0.378. The number of hydrogen-bond donors (Lipinski definition) is 1. The fourth-order valence-electron chi connectivity index (χ4n) is 1.14. The van der Waals surface area contributed by atoms with Gasteiger partial charge in [-0.3, -0.25) is 5.43 Å². The van der Waals surface area contributed by atoms with Crippen molar-refractivity contribution >= 4 is 37.2 Å². The molecule has 0 saturated heterocycles. The number of benzene rings is 1. The molecule has 0 heterocycles. The molecule has 1 aromatic carbocycles. The van der Waals surface area contributed by atoms with E-state index in [4.69, 9.17) is 5.26 Å². The van der Waals surface area contributed by atoms with Gasteiger partial charge in [-0.05, 0) is 45.0 Å². The van der Waals surface area contributed by atoms with Crippen molar-refractivity contribution in [3.8, 4) is 6.07 Å². The first-order chi connectivity index (χ1) is 9.15. The molecule has 0 saturated carbocycles. The molecule has 5 nitrogen and oxygen atoms in total. The van der Waals surface area contributed by atoms with Gasteiger partial charge >= 0.3 is 0 Å². The van der Waals surface area contributed by atoms with Crippen molar-refractivity contribution in [2.75, 3.05) is 11.2 Å². The molecule has 0 fully saturated rings. The summed E-state index contributed by atoms with van der Waals surface area (Å²) in [6.07, 6.45) is 0. The Morgan fingerprint density at radius 1 is 1.35 bits per heavy atom. The van der Waals surface area contributed by atoms with Crippen LogP contribution in [0.5, 0.6) is 0 Å². The minimum atomic E-state index is -3.42. The number of nitriles is 1. The molecule has 7 heteroatoms. The second-order valence-corrected chi connectivity index (χ2v) is 8.82. The first kappa shape index (κ1) is 16.7. The first-order valence-corrected chi connectivity index (χ1v) is 8.31.